The third-order valence-electron chi connectivity index (χ3n) is 6.48. The van der Waals surface area contributed by atoms with Crippen LogP contribution in [0.15, 0.2) is 30.3 Å². The number of piperidine rings is 1. The number of epoxide rings is 1. The zero-order valence-electron chi connectivity index (χ0n) is 14.7. The van der Waals surface area contributed by atoms with Crippen molar-refractivity contribution in [3.8, 4) is 0 Å². The van der Waals surface area contributed by atoms with Crippen LogP contribution < -0.4 is 17.0 Å². The number of halogens is 1. The molecule has 6 heteroatoms. The minimum atomic E-state index is -0.594. The number of hydrogen-bond acceptors (Lipinski definition) is 4. The van der Waals surface area contributed by atoms with Crippen LogP contribution in [0, 0.1) is 0 Å². The Morgan fingerprint density at radius 1 is 1.28 bits per heavy atom. The number of likely N-dealkylation sites (N-methyl/N-ethyl adjacent to an activating group) is 1. The molecule has 0 amide bonds. The van der Waals surface area contributed by atoms with Crippen molar-refractivity contribution in [2.45, 2.75) is 56.1 Å². The maximum absolute atomic E-state index is 12.6. The average molecular weight is 412 g/mol. The van der Waals surface area contributed by atoms with Gasteiger partial charge in [-0.15, -0.1) is 0 Å². The molecular weight excluding hydrogens is 386 g/mol. The zero-order valence-corrected chi connectivity index (χ0v) is 16.3. The van der Waals surface area contributed by atoms with Gasteiger partial charge in [-0.2, -0.15) is 0 Å². The molecule has 1 aromatic rings. The van der Waals surface area contributed by atoms with Gasteiger partial charge < -0.3 is 36.0 Å². The number of aliphatic hydroxyl groups excluding tert-OH is 1. The Morgan fingerprint density at radius 3 is 2.40 bits per heavy atom. The number of quaternary nitrogens is 1. The van der Waals surface area contributed by atoms with Gasteiger partial charge in [0.05, 0.1) is 20.2 Å². The molecule has 2 bridgehead atoms. The molecule has 5 nitrogen and oxygen atoms in total. The van der Waals surface area contributed by atoms with Gasteiger partial charge in [0, 0.05) is 12.8 Å². The summed E-state index contributed by atoms with van der Waals surface area (Å²) in [6.07, 6.45) is 2.37. The van der Waals surface area contributed by atoms with E-state index in [0.717, 1.165) is 29.4 Å². The van der Waals surface area contributed by atoms with Crippen molar-refractivity contribution in [3.05, 3.63) is 35.9 Å². The number of rotatable bonds is 5. The van der Waals surface area contributed by atoms with Gasteiger partial charge in [0.2, 0.25) is 0 Å². The maximum Gasteiger partial charge on any atom is 0.316 e. The molecule has 4 rings (SSSR count). The van der Waals surface area contributed by atoms with E-state index in [-0.39, 0.29) is 35.7 Å². The van der Waals surface area contributed by atoms with E-state index in [4.69, 9.17) is 9.47 Å². The predicted molar refractivity (Wildman–Crippen MR) is 88.3 cm³/mol. The van der Waals surface area contributed by atoms with Crippen LogP contribution in [0.1, 0.15) is 31.2 Å². The van der Waals surface area contributed by atoms with Crippen LogP contribution in [0.2, 0.25) is 0 Å². The molecule has 0 spiro atoms. The third kappa shape index (κ3) is 3.03. The minimum absolute atomic E-state index is 0. The van der Waals surface area contributed by atoms with Gasteiger partial charge in [0.1, 0.15) is 36.3 Å². The van der Waals surface area contributed by atoms with E-state index in [1.165, 1.54) is 0 Å². The second-order valence-electron chi connectivity index (χ2n) is 7.54. The topological polar surface area (TPSA) is 59.1 Å². The van der Waals surface area contributed by atoms with Gasteiger partial charge in [-0.1, -0.05) is 30.3 Å². The molecule has 0 aliphatic carbocycles. The fourth-order valence-corrected chi connectivity index (χ4v) is 4.87. The van der Waals surface area contributed by atoms with Gasteiger partial charge in [-0.05, 0) is 12.5 Å². The number of morpholine rings is 1. The first-order chi connectivity index (χ1) is 11.6. The quantitative estimate of drug-likeness (QED) is 0.362. The van der Waals surface area contributed by atoms with E-state index >= 15 is 0 Å². The summed E-state index contributed by atoms with van der Waals surface area (Å²) in [5.74, 6) is -0.904. The van der Waals surface area contributed by atoms with Crippen molar-refractivity contribution < 1.29 is 40.8 Å². The highest BCUT2D eigenvalue weighted by atomic mass is 79.9. The molecule has 3 saturated heterocycles. The summed E-state index contributed by atoms with van der Waals surface area (Å²) in [5, 5.41) is 9.64. The van der Waals surface area contributed by atoms with E-state index in [1.54, 1.807) is 0 Å². The second kappa shape index (κ2) is 6.99. The van der Waals surface area contributed by atoms with E-state index in [9.17, 15) is 9.90 Å². The number of carbonyl (C=O) groups excluding carboxylic acids is 1. The molecule has 1 N–H and O–H groups in total. The molecule has 0 saturated carbocycles. The number of benzene rings is 1. The van der Waals surface area contributed by atoms with Crippen molar-refractivity contribution in [2.75, 3.05) is 20.2 Å². The van der Waals surface area contributed by atoms with Crippen LogP contribution in [0.25, 0.3) is 0 Å². The Kier molecular flexibility index (Phi) is 5.26. The second-order valence-corrected chi connectivity index (χ2v) is 7.54. The lowest BCUT2D eigenvalue weighted by atomic mass is 9.95. The molecule has 3 heterocycles. The molecule has 1 aromatic carbocycles. The molecule has 3 fully saturated rings. The van der Waals surface area contributed by atoms with E-state index in [1.807, 2.05) is 30.3 Å². The average Bonchev–Trinajstić information content (AvgIpc) is 3.35. The summed E-state index contributed by atoms with van der Waals surface area (Å²) in [4.78, 5) is 12.6. The maximum atomic E-state index is 12.6. The van der Waals surface area contributed by atoms with Gasteiger partial charge in [-0.25, -0.2) is 0 Å². The van der Waals surface area contributed by atoms with Crippen molar-refractivity contribution in [1.82, 2.24) is 0 Å². The molecule has 0 aromatic heterocycles. The first-order valence-corrected chi connectivity index (χ1v) is 8.95. The smallest absolute Gasteiger partial charge is 0.316 e. The predicted octanol–water partition coefficient (Wildman–Crippen LogP) is -1.54. The highest BCUT2D eigenvalue weighted by Crippen LogP contribution is 2.52. The van der Waals surface area contributed by atoms with E-state index < -0.39 is 5.92 Å². The third-order valence-corrected chi connectivity index (χ3v) is 6.48. The van der Waals surface area contributed by atoms with E-state index in [2.05, 4.69) is 14.0 Å². The Balaban J connectivity index is 0.00000182. The van der Waals surface area contributed by atoms with Crippen molar-refractivity contribution >= 4 is 5.97 Å². The summed E-state index contributed by atoms with van der Waals surface area (Å²) >= 11 is 0. The Hall–Kier alpha value is -0.950. The SMILES string of the molecule is CC[N+]1(C)[C@@H]2CC(OC(=O)[C@H](CO)c3ccccc3)C[C@H]1[C@@H]1O[C@@H]12.[Br-]. The van der Waals surface area contributed by atoms with Crippen LogP contribution in [0.3, 0.4) is 0 Å². The molecule has 3 aliphatic rings. The lowest BCUT2D eigenvalue weighted by Crippen LogP contribution is -3.00. The molecule has 3 aliphatic heterocycles. The standard InChI is InChI=1S/C19H26NO4.BrH/c1-3-20(2)15-9-13(10-16(20)18-17(15)24-18)23-19(22)14(11-21)12-7-5-4-6-8-12;/h4-8,13-18,21H,3,9-11H2,1-2H3;1H/q+1;/p-1/t13?,14-,15-,16+,17-,18+,20?;/m1./s1. The Bertz CT molecular complexity index is 607. The van der Waals surface area contributed by atoms with Crippen molar-refractivity contribution in [2.24, 2.45) is 0 Å². The first-order valence-electron chi connectivity index (χ1n) is 8.95. The molecular formula is C19H26BrNO4. The minimum Gasteiger partial charge on any atom is -1.00 e. The van der Waals surface area contributed by atoms with Crippen molar-refractivity contribution in [1.29, 1.82) is 0 Å². The van der Waals surface area contributed by atoms with Gasteiger partial charge in [0.25, 0.3) is 0 Å². The van der Waals surface area contributed by atoms with Gasteiger partial charge in [0.15, 0.2) is 0 Å². The number of esters is 1. The van der Waals surface area contributed by atoms with Gasteiger partial charge >= 0.3 is 5.97 Å². The summed E-state index contributed by atoms with van der Waals surface area (Å²) in [7, 11) is 2.31. The molecule has 25 heavy (non-hydrogen) atoms. The van der Waals surface area contributed by atoms with Crippen LogP contribution in [-0.2, 0) is 14.3 Å². The number of aliphatic hydroxyl groups is 1. The van der Waals surface area contributed by atoms with Crippen LogP contribution >= 0.6 is 0 Å². The zero-order chi connectivity index (χ0) is 16.9. The summed E-state index contributed by atoms with van der Waals surface area (Å²) in [6.45, 7) is 3.10. The van der Waals surface area contributed by atoms with Crippen LogP contribution in [0.5, 0.6) is 0 Å². The number of carbonyl (C=O) groups is 1. The monoisotopic (exact) mass is 411 g/mol. The first kappa shape index (κ1) is 18.8. The number of fused-ring (bicyclic) bond motifs is 5. The normalized spacial score (nSPS) is 39.1. The number of ether oxygens (including phenoxy) is 2. The Labute approximate surface area is 159 Å². The molecule has 2 unspecified atom stereocenters. The number of hydrogen-bond donors (Lipinski definition) is 1. The van der Waals surface area contributed by atoms with Gasteiger partial charge in [-0.3, -0.25) is 4.79 Å². The van der Waals surface area contributed by atoms with Crippen molar-refractivity contribution in [3.63, 3.8) is 0 Å². The van der Waals surface area contributed by atoms with Crippen LogP contribution in [-0.4, -0.2) is 66.2 Å². The molecule has 7 atom stereocenters. The molecule has 138 valence electrons. The fourth-order valence-electron chi connectivity index (χ4n) is 4.87. The summed E-state index contributed by atoms with van der Waals surface area (Å²) in [5.41, 5.74) is 0.809. The Morgan fingerprint density at radius 2 is 1.88 bits per heavy atom. The van der Waals surface area contributed by atoms with Crippen LogP contribution in [0.4, 0.5) is 0 Å². The molecule has 0 radical (unpaired) electrons. The summed E-state index contributed by atoms with van der Waals surface area (Å²) < 4.78 is 12.7. The number of nitrogens with zero attached hydrogens (tertiary/aromatic N) is 1. The largest absolute Gasteiger partial charge is 1.00 e. The summed E-state index contributed by atoms with van der Waals surface area (Å²) in [6, 6.07) is 10.2. The lowest BCUT2D eigenvalue weighted by molar-refractivity contribution is -0.954. The highest BCUT2D eigenvalue weighted by Gasteiger charge is 2.71. The van der Waals surface area contributed by atoms with E-state index in [0.29, 0.717) is 24.3 Å². The highest BCUT2D eigenvalue weighted by molar-refractivity contribution is 5.78. The lowest BCUT2D eigenvalue weighted by Gasteiger charge is -2.47. The fraction of sp³-hybridized carbons (Fsp3) is 0.632.